The summed E-state index contributed by atoms with van der Waals surface area (Å²) in [5.74, 6) is 0.476. The van der Waals surface area contributed by atoms with Gasteiger partial charge in [-0.2, -0.15) is 0 Å². The van der Waals surface area contributed by atoms with Gasteiger partial charge in [0.1, 0.15) is 10.8 Å². The minimum Gasteiger partial charge on any atom is -0.361 e. The molecule has 2 heterocycles. The van der Waals surface area contributed by atoms with Crippen molar-refractivity contribution in [2.24, 2.45) is 0 Å². The molecule has 1 unspecified atom stereocenters. The van der Waals surface area contributed by atoms with Crippen molar-refractivity contribution in [1.29, 1.82) is 0 Å². The topological polar surface area (TPSA) is 81.0 Å². The van der Waals surface area contributed by atoms with Crippen molar-refractivity contribution in [2.45, 2.75) is 19.9 Å². The number of rotatable bonds is 4. The molecule has 0 saturated heterocycles. The molecule has 0 aliphatic rings. The number of nitrogens with zero attached hydrogens (tertiary/aromatic N) is 3. The van der Waals surface area contributed by atoms with Crippen molar-refractivity contribution in [3.63, 3.8) is 0 Å². The van der Waals surface area contributed by atoms with Crippen LogP contribution in [0, 0.1) is 17.0 Å². The molecular weight excluding hydrogens is 252 g/mol. The molecule has 7 heteroatoms. The van der Waals surface area contributed by atoms with E-state index in [2.05, 4.69) is 15.3 Å². The summed E-state index contributed by atoms with van der Waals surface area (Å²) in [5.41, 5.74) is 0.991. The minimum atomic E-state index is -0.439. The van der Waals surface area contributed by atoms with E-state index in [0.717, 1.165) is 10.7 Å². The van der Waals surface area contributed by atoms with Crippen LogP contribution in [-0.4, -0.2) is 14.9 Å². The molecule has 6 nitrogen and oxygen atoms in total. The smallest absolute Gasteiger partial charge is 0.274 e. The summed E-state index contributed by atoms with van der Waals surface area (Å²) in [7, 11) is 0. The Morgan fingerprint density at radius 1 is 1.56 bits per heavy atom. The number of nitrogens with one attached hydrogen (secondary N) is 1. The standard InChI is InChI=1S/C11H12N4O2S/c1-7-6-18-11(13-7)8(2)14-10-5-9(15(16)17)3-4-12-10/h3-6,8H,1-2H3,(H,12,14). The first kappa shape index (κ1) is 12.4. The Kier molecular flexibility index (Phi) is 3.52. The molecule has 0 bridgehead atoms. The summed E-state index contributed by atoms with van der Waals surface area (Å²) in [6.45, 7) is 3.87. The van der Waals surface area contributed by atoms with Crippen LogP contribution in [-0.2, 0) is 0 Å². The van der Waals surface area contributed by atoms with Gasteiger partial charge in [-0.1, -0.05) is 0 Å². The Balaban J connectivity index is 2.14. The van der Waals surface area contributed by atoms with Gasteiger partial charge in [0.2, 0.25) is 0 Å². The zero-order chi connectivity index (χ0) is 13.1. The summed E-state index contributed by atoms with van der Waals surface area (Å²) >= 11 is 1.55. The van der Waals surface area contributed by atoms with Crippen LogP contribution in [0.4, 0.5) is 11.5 Å². The molecule has 18 heavy (non-hydrogen) atoms. The van der Waals surface area contributed by atoms with Gasteiger partial charge in [0.25, 0.3) is 5.69 Å². The fourth-order valence-electron chi connectivity index (χ4n) is 1.47. The molecular formula is C11H12N4O2S. The molecule has 1 N–H and O–H groups in total. The van der Waals surface area contributed by atoms with Gasteiger partial charge in [-0.3, -0.25) is 10.1 Å². The van der Waals surface area contributed by atoms with E-state index >= 15 is 0 Å². The van der Waals surface area contributed by atoms with Crippen LogP contribution >= 0.6 is 11.3 Å². The second-order valence-corrected chi connectivity index (χ2v) is 4.74. The van der Waals surface area contributed by atoms with Crippen molar-refractivity contribution in [3.05, 3.63) is 44.5 Å². The number of aromatic nitrogens is 2. The fourth-order valence-corrected chi connectivity index (χ4v) is 2.27. The number of aryl methyl sites for hydroxylation is 1. The highest BCUT2D eigenvalue weighted by atomic mass is 32.1. The number of anilines is 1. The Labute approximate surface area is 108 Å². The molecule has 2 aromatic rings. The van der Waals surface area contributed by atoms with E-state index in [4.69, 9.17) is 0 Å². The molecule has 1 atom stereocenters. The molecule has 0 amide bonds. The van der Waals surface area contributed by atoms with Crippen molar-refractivity contribution < 1.29 is 4.92 Å². The number of thiazole rings is 1. The van der Waals surface area contributed by atoms with Crippen LogP contribution < -0.4 is 5.32 Å². The van der Waals surface area contributed by atoms with Crippen molar-refractivity contribution >= 4 is 22.8 Å². The lowest BCUT2D eigenvalue weighted by atomic mass is 10.3. The van der Waals surface area contributed by atoms with Crippen molar-refractivity contribution in [1.82, 2.24) is 9.97 Å². The summed E-state index contributed by atoms with van der Waals surface area (Å²) in [6.07, 6.45) is 1.42. The average Bonchev–Trinajstić information content (AvgIpc) is 2.76. The molecule has 0 aromatic carbocycles. The van der Waals surface area contributed by atoms with E-state index in [-0.39, 0.29) is 11.7 Å². The molecule has 2 aromatic heterocycles. The van der Waals surface area contributed by atoms with Crippen LogP contribution in [0.15, 0.2) is 23.7 Å². The highest BCUT2D eigenvalue weighted by molar-refractivity contribution is 7.09. The predicted molar refractivity (Wildman–Crippen MR) is 69.8 cm³/mol. The zero-order valence-electron chi connectivity index (χ0n) is 9.95. The lowest BCUT2D eigenvalue weighted by molar-refractivity contribution is -0.384. The van der Waals surface area contributed by atoms with E-state index in [9.17, 15) is 10.1 Å². The Morgan fingerprint density at radius 2 is 2.33 bits per heavy atom. The van der Waals surface area contributed by atoms with Crippen molar-refractivity contribution in [2.75, 3.05) is 5.32 Å². The van der Waals surface area contributed by atoms with E-state index in [1.807, 2.05) is 19.2 Å². The van der Waals surface area contributed by atoms with E-state index in [1.54, 1.807) is 11.3 Å². The largest absolute Gasteiger partial charge is 0.361 e. The maximum atomic E-state index is 10.7. The summed E-state index contributed by atoms with van der Waals surface area (Å²) < 4.78 is 0. The molecule has 0 radical (unpaired) electrons. The lowest BCUT2D eigenvalue weighted by Gasteiger charge is -2.11. The van der Waals surface area contributed by atoms with Crippen LogP contribution in [0.25, 0.3) is 0 Å². The monoisotopic (exact) mass is 264 g/mol. The van der Waals surface area contributed by atoms with Crippen molar-refractivity contribution in [3.8, 4) is 0 Å². The van der Waals surface area contributed by atoms with Crippen LogP contribution in [0.2, 0.25) is 0 Å². The first-order chi connectivity index (χ1) is 8.56. The van der Waals surface area contributed by atoms with Gasteiger partial charge < -0.3 is 5.32 Å². The van der Waals surface area contributed by atoms with Crippen LogP contribution in [0.5, 0.6) is 0 Å². The summed E-state index contributed by atoms with van der Waals surface area (Å²) in [5, 5.41) is 16.6. The first-order valence-electron chi connectivity index (χ1n) is 5.35. The Bertz CT molecular complexity index is 570. The van der Waals surface area contributed by atoms with Gasteiger partial charge in [0.15, 0.2) is 0 Å². The number of hydrogen-bond donors (Lipinski definition) is 1. The van der Waals surface area contributed by atoms with Crippen LogP contribution in [0.3, 0.4) is 0 Å². The van der Waals surface area contributed by atoms with E-state index in [0.29, 0.717) is 5.82 Å². The Hall–Kier alpha value is -2.02. The second-order valence-electron chi connectivity index (χ2n) is 3.85. The fraction of sp³-hybridized carbons (Fsp3) is 0.273. The SMILES string of the molecule is Cc1csc(C(C)Nc2cc([N+](=O)[O-])ccn2)n1. The van der Waals surface area contributed by atoms with Gasteiger partial charge in [-0.05, 0) is 13.8 Å². The second kappa shape index (κ2) is 5.09. The summed E-state index contributed by atoms with van der Waals surface area (Å²) in [6, 6.07) is 2.75. The Morgan fingerprint density at radius 3 is 2.94 bits per heavy atom. The normalized spacial score (nSPS) is 12.1. The van der Waals surface area contributed by atoms with E-state index < -0.39 is 4.92 Å². The van der Waals surface area contributed by atoms with Gasteiger partial charge in [0.05, 0.1) is 17.0 Å². The molecule has 2 rings (SSSR count). The first-order valence-corrected chi connectivity index (χ1v) is 6.23. The highest BCUT2D eigenvalue weighted by Gasteiger charge is 2.12. The molecule has 0 saturated carbocycles. The van der Waals surface area contributed by atoms with Crippen LogP contribution in [0.1, 0.15) is 23.7 Å². The number of nitro groups is 1. The maximum Gasteiger partial charge on any atom is 0.274 e. The number of pyridine rings is 1. The predicted octanol–water partition coefficient (Wildman–Crippen LogP) is 2.93. The highest BCUT2D eigenvalue weighted by Crippen LogP contribution is 2.22. The third-order valence-electron chi connectivity index (χ3n) is 2.33. The zero-order valence-corrected chi connectivity index (χ0v) is 10.8. The average molecular weight is 264 g/mol. The lowest BCUT2D eigenvalue weighted by Crippen LogP contribution is -2.07. The third kappa shape index (κ3) is 2.80. The molecule has 0 aliphatic carbocycles. The molecule has 0 aliphatic heterocycles. The summed E-state index contributed by atoms with van der Waals surface area (Å²) in [4.78, 5) is 18.6. The molecule has 0 fully saturated rings. The van der Waals surface area contributed by atoms with Gasteiger partial charge >= 0.3 is 0 Å². The minimum absolute atomic E-state index is 0.0232. The van der Waals surface area contributed by atoms with Gasteiger partial charge in [-0.25, -0.2) is 9.97 Å². The van der Waals surface area contributed by atoms with Gasteiger partial charge in [-0.15, -0.1) is 11.3 Å². The van der Waals surface area contributed by atoms with Gasteiger partial charge in [0, 0.05) is 23.3 Å². The molecule has 94 valence electrons. The van der Waals surface area contributed by atoms with E-state index in [1.165, 1.54) is 18.3 Å². The number of hydrogen-bond acceptors (Lipinski definition) is 6. The quantitative estimate of drug-likeness (QED) is 0.678. The maximum absolute atomic E-state index is 10.7. The third-order valence-corrected chi connectivity index (χ3v) is 3.47. The molecule has 0 spiro atoms.